The van der Waals surface area contributed by atoms with Crippen molar-refractivity contribution in [3.8, 4) is 11.3 Å². The van der Waals surface area contributed by atoms with Crippen LogP contribution in [0.2, 0.25) is 0 Å². The lowest BCUT2D eigenvalue weighted by Gasteiger charge is -2.12. The van der Waals surface area contributed by atoms with Gasteiger partial charge in [0, 0.05) is 22.0 Å². The highest BCUT2D eigenvalue weighted by Gasteiger charge is 2.22. The van der Waals surface area contributed by atoms with Crippen LogP contribution in [0.1, 0.15) is 16.1 Å². The van der Waals surface area contributed by atoms with Gasteiger partial charge < -0.3 is 0 Å². The maximum atomic E-state index is 13.1. The minimum atomic E-state index is -3.68. The van der Waals surface area contributed by atoms with Crippen LogP contribution >= 0.6 is 11.3 Å². The third-order valence-electron chi connectivity index (χ3n) is 5.18. The summed E-state index contributed by atoms with van der Waals surface area (Å²) >= 11 is 1.60. The molecule has 1 heterocycles. The number of nitrogens with one attached hydrogen (secondary N) is 1. The van der Waals surface area contributed by atoms with Gasteiger partial charge in [0.25, 0.3) is 10.0 Å². The van der Waals surface area contributed by atoms with Crippen molar-refractivity contribution in [3.05, 3.63) is 76.1 Å². The van der Waals surface area contributed by atoms with Crippen LogP contribution in [0.5, 0.6) is 0 Å². The molecule has 0 spiro atoms. The highest BCUT2D eigenvalue weighted by atomic mass is 32.2. The lowest BCUT2D eigenvalue weighted by atomic mass is 10.1. The Morgan fingerprint density at radius 3 is 2.43 bits per heavy atom. The minimum absolute atomic E-state index is 0.328. The van der Waals surface area contributed by atoms with Gasteiger partial charge in [-0.2, -0.15) is 0 Å². The van der Waals surface area contributed by atoms with Crippen LogP contribution in [0.4, 0.5) is 5.69 Å². The van der Waals surface area contributed by atoms with Crippen LogP contribution in [0.3, 0.4) is 0 Å². The first-order chi connectivity index (χ1) is 13.5. The molecule has 0 saturated carbocycles. The molecular formula is C22H18N2O2S2. The van der Waals surface area contributed by atoms with Crippen molar-refractivity contribution in [1.29, 1.82) is 0 Å². The fourth-order valence-electron chi connectivity index (χ4n) is 3.87. The summed E-state index contributed by atoms with van der Waals surface area (Å²) in [5, 5.41) is 4.90. The Balaban J connectivity index is 1.50. The lowest BCUT2D eigenvalue weighted by Crippen LogP contribution is -2.13. The molecule has 1 aromatic heterocycles. The number of nitrogens with zero attached hydrogens (tertiary/aromatic N) is 1. The Morgan fingerprint density at radius 1 is 0.964 bits per heavy atom. The Morgan fingerprint density at radius 2 is 1.71 bits per heavy atom. The number of anilines is 1. The molecular weight excluding hydrogens is 388 g/mol. The van der Waals surface area contributed by atoms with Gasteiger partial charge in [0.15, 0.2) is 0 Å². The van der Waals surface area contributed by atoms with Crippen molar-refractivity contribution in [1.82, 2.24) is 4.98 Å². The van der Waals surface area contributed by atoms with Gasteiger partial charge in [0.05, 0.1) is 15.6 Å². The molecule has 0 unspecified atom stereocenters. The predicted molar refractivity (Wildman–Crippen MR) is 114 cm³/mol. The van der Waals surface area contributed by atoms with Crippen molar-refractivity contribution in [2.75, 3.05) is 4.72 Å². The Bertz CT molecular complexity index is 1300. The van der Waals surface area contributed by atoms with Crippen LogP contribution in [0.25, 0.3) is 22.0 Å². The molecule has 5 rings (SSSR count). The molecule has 140 valence electrons. The number of hydrogen-bond donors (Lipinski definition) is 1. The second-order valence-corrected chi connectivity index (χ2v) is 9.71. The maximum Gasteiger partial charge on any atom is 0.262 e. The number of aryl methyl sites for hydroxylation is 3. The molecule has 0 aliphatic heterocycles. The number of aromatic nitrogens is 1. The molecule has 1 aliphatic carbocycles. The molecule has 0 amide bonds. The van der Waals surface area contributed by atoms with Crippen LogP contribution in [0, 0.1) is 6.92 Å². The molecule has 0 saturated heterocycles. The first-order valence-electron chi connectivity index (χ1n) is 9.10. The first kappa shape index (κ1) is 17.4. The van der Waals surface area contributed by atoms with Gasteiger partial charge in [-0.05, 0) is 54.5 Å². The van der Waals surface area contributed by atoms with E-state index < -0.39 is 10.0 Å². The van der Waals surface area contributed by atoms with E-state index in [9.17, 15) is 8.42 Å². The van der Waals surface area contributed by atoms with Crippen LogP contribution in [0.15, 0.2) is 64.9 Å². The van der Waals surface area contributed by atoms with E-state index in [-0.39, 0.29) is 0 Å². The van der Waals surface area contributed by atoms with E-state index in [1.807, 2.05) is 42.6 Å². The molecule has 1 aliphatic rings. The molecule has 4 aromatic rings. The molecule has 0 atom stereocenters. The summed E-state index contributed by atoms with van der Waals surface area (Å²) in [7, 11) is -3.68. The molecule has 0 bridgehead atoms. The van der Waals surface area contributed by atoms with Crippen molar-refractivity contribution in [2.24, 2.45) is 0 Å². The summed E-state index contributed by atoms with van der Waals surface area (Å²) in [6, 6.07) is 16.9. The number of hydrogen-bond acceptors (Lipinski definition) is 4. The van der Waals surface area contributed by atoms with Crippen molar-refractivity contribution >= 4 is 37.8 Å². The van der Waals surface area contributed by atoms with E-state index in [0.717, 1.165) is 39.9 Å². The normalized spacial score (nSPS) is 13.2. The highest BCUT2D eigenvalue weighted by molar-refractivity contribution is 7.93. The quantitative estimate of drug-likeness (QED) is 0.509. The number of sulfonamides is 1. The second kappa shape index (κ2) is 6.43. The second-order valence-electron chi connectivity index (χ2n) is 7.00. The van der Waals surface area contributed by atoms with Crippen molar-refractivity contribution in [3.63, 3.8) is 0 Å². The van der Waals surface area contributed by atoms with E-state index in [1.165, 1.54) is 11.1 Å². The summed E-state index contributed by atoms with van der Waals surface area (Å²) < 4.78 is 28.9. The van der Waals surface area contributed by atoms with Crippen LogP contribution in [-0.2, 0) is 22.9 Å². The summed E-state index contributed by atoms with van der Waals surface area (Å²) in [6.45, 7) is 1.97. The lowest BCUT2D eigenvalue weighted by molar-refractivity contribution is 0.602. The Hall–Kier alpha value is -2.70. The van der Waals surface area contributed by atoms with E-state index in [0.29, 0.717) is 10.6 Å². The monoisotopic (exact) mass is 406 g/mol. The maximum absolute atomic E-state index is 13.1. The molecule has 1 N–H and O–H groups in total. The van der Waals surface area contributed by atoms with E-state index in [2.05, 4.69) is 15.8 Å². The average molecular weight is 407 g/mol. The van der Waals surface area contributed by atoms with E-state index in [4.69, 9.17) is 0 Å². The van der Waals surface area contributed by atoms with Crippen molar-refractivity contribution < 1.29 is 8.42 Å². The molecule has 0 fully saturated rings. The first-order valence-corrected chi connectivity index (χ1v) is 11.5. The zero-order chi connectivity index (χ0) is 19.3. The zero-order valence-electron chi connectivity index (χ0n) is 15.3. The standard InChI is InChI=1S/C22H18N2O2S2/c1-14-23-20(13-27-14)15-7-10-18(11-8-15)24-28(25,26)21-12-9-17-6-5-16-3-2-4-19(21)22(16)17/h2-4,7-13,24H,5-6H2,1H3. The van der Waals surface area contributed by atoms with Gasteiger partial charge in [0.1, 0.15) is 0 Å². The Kier molecular flexibility index (Phi) is 4.00. The zero-order valence-corrected chi connectivity index (χ0v) is 16.9. The predicted octanol–water partition coefficient (Wildman–Crippen LogP) is 5.17. The minimum Gasteiger partial charge on any atom is -0.280 e. The average Bonchev–Trinajstić information content (AvgIpc) is 3.30. The van der Waals surface area contributed by atoms with Gasteiger partial charge >= 0.3 is 0 Å². The number of benzene rings is 3. The van der Waals surface area contributed by atoms with Crippen molar-refractivity contribution in [2.45, 2.75) is 24.7 Å². The number of rotatable bonds is 4. The van der Waals surface area contributed by atoms with Crippen LogP contribution < -0.4 is 4.72 Å². The van der Waals surface area contributed by atoms with Gasteiger partial charge in [-0.3, -0.25) is 4.72 Å². The molecule has 28 heavy (non-hydrogen) atoms. The fraction of sp³-hybridized carbons (Fsp3) is 0.136. The molecule has 3 aromatic carbocycles. The third-order valence-corrected chi connectivity index (χ3v) is 7.39. The summed E-state index contributed by atoms with van der Waals surface area (Å²) in [4.78, 5) is 4.80. The topological polar surface area (TPSA) is 59.1 Å². The smallest absolute Gasteiger partial charge is 0.262 e. The number of thiazole rings is 1. The SMILES string of the molecule is Cc1nc(-c2ccc(NS(=O)(=O)c3ccc4c5c(cccc35)CC4)cc2)cs1. The van der Waals surface area contributed by atoms with Gasteiger partial charge in [0.2, 0.25) is 0 Å². The summed E-state index contributed by atoms with van der Waals surface area (Å²) in [5.74, 6) is 0. The molecule has 4 nitrogen and oxygen atoms in total. The van der Waals surface area contributed by atoms with Gasteiger partial charge in [-0.25, -0.2) is 13.4 Å². The summed E-state index contributed by atoms with van der Waals surface area (Å²) in [5.41, 5.74) is 4.88. The highest BCUT2D eigenvalue weighted by Crippen LogP contribution is 2.35. The molecule has 0 radical (unpaired) electrons. The Labute approximate surface area is 167 Å². The van der Waals surface area contributed by atoms with Crippen LogP contribution in [-0.4, -0.2) is 13.4 Å². The fourth-order valence-corrected chi connectivity index (χ4v) is 5.75. The molecule has 6 heteroatoms. The van der Waals surface area contributed by atoms with Gasteiger partial charge in [-0.15, -0.1) is 11.3 Å². The largest absolute Gasteiger partial charge is 0.280 e. The van der Waals surface area contributed by atoms with E-state index >= 15 is 0 Å². The third kappa shape index (κ3) is 2.89. The van der Waals surface area contributed by atoms with E-state index in [1.54, 1.807) is 29.5 Å². The summed E-state index contributed by atoms with van der Waals surface area (Å²) in [6.07, 6.45) is 1.95. The van der Waals surface area contributed by atoms with Gasteiger partial charge in [-0.1, -0.05) is 36.4 Å².